The van der Waals surface area contributed by atoms with Crippen LogP contribution >= 0.6 is 34.8 Å². The minimum absolute atomic E-state index is 0.0246. The highest BCUT2D eigenvalue weighted by molar-refractivity contribution is 6.46. The Morgan fingerprint density at radius 3 is 2.60 bits per heavy atom. The summed E-state index contributed by atoms with van der Waals surface area (Å²) in [6, 6.07) is 9.39. The van der Waals surface area contributed by atoms with E-state index >= 15 is 0 Å². The van der Waals surface area contributed by atoms with Gasteiger partial charge in [-0.2, -0.15) is 0 Å². The van der Waals surface area contributed by atoms with Gasteiger partial charge in [-0.3, -0.25) is 0 Å². The maximum Gasteiger partial charge on any atom is 0.359 e. The van der Waals surface area contributed by atoms with Gasteiger partial charge in [0, 0.05) is 5.56 Å². The van der Waals surface area contributed by atoms with Crippen LogP contribution in [0, 0.1) is 0 Å². The quantitative estimate of drug-likeness (QED) is 0.508. The SMILES string of the molecule is Nc1c(Cl)c(Cl)nc(C(=O)OCc2ncc(-c3ccccc3)o2)c1Cl. The van der Waals surface area contributed by atoms with E-state index in [0.717, 1.165) is 5.56 Å². The Kier molecular flexibility index (Phi) is 5.13. The number of nitrogens with two attached hydrogens (primary N) is 1. The molecule has 3 aromatic rings. The van der Waals surface area contributed by atoms with Crippen LogP contribution in [0.15, 0.2) is 40.9 Å². The van der Waals surface area contributed by atoms with Crippen molar-refractivity contribution in [1.82, 2.24) is 9.97 Å². The average molecular weight is 399 g/mol. The van der Waals surface area contributed by atoms with Crippen molar-refractivity contribution < 1.29 is 13.9 Å². The topological polar surface area (TPSA) is 91.2 Å². The van der Waals surface area contributed by atoms with Crippen LogP contribution in [-0.4, -0.2) is 15.9 Å². The van der Waals surface area contributed by atoms with Gasteiger partial charge in [-0.1, -0.05) is 65.1 Å². The molecule has 6 nitrogen and oxygen atoms in total. The van der Waals surface area contributed by atoms with Crippen molar-refractivity contribution in [3.63, 3.8) is 0 Å². The van der Waals surface area contributed by atoms with Crippen molar-refractivity contribution in [2.24, 2.45) is 0 Å². The highest BCUT2D eigenvalue weighted by Gasteiger charge is 2.21. The van der Waals surface area contributed by atoms with Crippen LogP contribution in [0.2, 0.25) is 15.2 Å². The number of nitrogens with zero attached hydrogens (tertiary/aromatic N) is 2. The summed E-state index contributed by atoms with van der Waals surface area (Å²) in [5, 5.41) is -0.293. The van der Waals surface area contributed by atoms with Gasteiger partial charge in [0.15, 0.2) is 23.2 Å². The van der Waals surface area contributed by atoms with Crippen LogP contribution in [0.25, 0.3) is 11.3 Å². The van der Waals surface area contributed by atoms with Gasteiger partial charge in [-0.25, -0.2) is 14.8 Å². The van der Waals surface area contributed by atoms with E-state index in [2.05, 4.69) is 9.97 Å². The minimum atomic E-state index is -0.824. The first-order valence-electron chi connectivity index (χ1n) is 6.94. The molecular weight excluding hydrogens is 389 g/mol. The lowest BCUT2D eigenvalue weighted by atomic mass is 10.2. The summed E-state index contributed by atoms with van der Waals surface area (Å²) >= 11 is 17.6. The number of halogens is 3. The average Bonchev–Trinajstić information content (AvgIpc) is 3.11. The number of rotatable bonds is 4. The molecule has 0 fully saturated rings. The molecule has 0 bridgehead atoms. The van der Waals surface area contributed by atoms with Crippen LogP contribution in [0.4, 0.5) is 5.69 Å². The second-order valence-corrected chi connectivity index (χ2v) is 5.97. The fourth-order valence-electron chi connectivity index (χ4n) is 1.98. The lowest BCUT2D eigenvalue weighted by molar-refractivity contribution is 0.0432. The van der Waals surface area contributed by atoms with Gasteiger partial charge >= 0.3 is 5.97 Å². The third-order valence-electron chi connectivity index (χ3n) is 3.20. The summed E-state index contributed by atoms with van der Waals surface area (Å²) < 4.78 is 10.6. The second-order valence-electron chi connectivity index (χ2n) is 4.85. The van der Waals surface area contributed by atoms with E-state index in [1.807, 2.05) is 30.3 Å². The van der Waals surface area contributed by atoms with E-state index < -0.39 is 5.97 Å². The van der Waals surface area contributed by atoms with E-state index in [9.17, 15) is 4.79 Å². The Labute approximate surface area is 157 Å². The number of ether oxygens (including phenoxy) is 1. The number of oxazole rings is 1. The van der Waals surface area contributed by atoms with Crippen LogP contribution in [0.3, 0.4) is 0 Å². The van der Waals surface area contributed by atoms with E-state index in [-0.39, 0.29) is 39.1 Å². The maximum absolute atomic E-state index is 12.1. The third-order valence-corrected chi connectivity index (χ3v) is 4.34. The number of benzene rings is 1. The molecule has 1 aromatic carbocycles. The van der Waals surface area contributed by atoms with Gasteiger partial charge in [-0.15, -0.1) is 0 Å². The van der Waals surface area contributed by atoms with E-state index in [4.69, 9.17) is 49.7 Å². The summed E-state index contributed by atoms with van der Waals surface area (Å²) in [5.74, 6) is -0.0485. The number of carbonyl (C=O) groups excluding carboxylic acids is 1. The van der Waals surface area contributed by atoms with Gasteiger partial charge < -0.3 is 14.9 Å². The fourth-order valence-corrected chi connectivity index (χ4v) is 2.56. The number of hydrogen-bond acceptors (Lipinski definition) is 6. The number of carbonyl (C=O) groups is 1. The smallest absolute Gasteiger partial charge is 0.359 e. The molecule has 2 heterocycles. The minimum Gasteiger partial charge on any atom is -0.451 e. The zero-order valence-corrected chi connectivity index (χ0v) is 14.8. The molecule has 25 heavy (non-hydrogen) atoms. The Morgan fingerprint density at radius 2 is 1.88 bits per heavy atom. The van der Waals surface area contributed by atoms with Crippen LogP contribution in [-0.2, 0) is 11.3 Å². The number of anilines is 1. The van der Waals surface area contributed by atoms with Crippen molar-refractivity contribution in [1.29, 1.82) is 0 Å². The lowest BCUT2D eigenvalue weighted by Crippen LogP contribution is -2.10. The molecule has 2 N–H and O–H groups in total. The third kappa shape index (κ3) is 3.71. The summed E-state index contributed by atoms with van der Waals surface area (Å²) in [6.45, 7) is -0.205. The number of aromatic nitrogens is 2. The van der Waals surface area contributed by atoms with Crippen LogP contribution < -0.4 is 5.73 Å². The molecule has 0 spiro atoms. The Balaban J connectivity index is 1.73. The van der Waals surface area contributed by atoms with Gasteiger partial charge in [0.2, 0.25) is 5.89 Å². The normalized spacial score (nSPS) is 10.7. The molecule has 0 aliphatic rings. The Bertz CT molecular complexity index is 929. The van der Waals surface area contributed by atoms with Crippen LogP contribution in [0.1, 0.15) is 16.4 Å². The first-order valence-corrected chi connectivity index (χ1v) is 8.08. The van der Waals surface area contributed by atoms with Crippen LogP contribution in [0.5, 0.6) is 0 Å². The molecule has 3 rings (SSSR count). The largest absolute Gasteiger partial charge is 0.451 e. The summed E-state index contributed by atoms with van der Waals surface area (Å²) in [5.41, 5.74) is 6.25. The molecule has 0 aliphatic heterocycles. The number of esters is 1. The maximum atomic E-state index is 12.1. The molecule has 0 saturated heterocycles. The summed E-state index contributed by atoms with van der Waals surface area (Å²) in [6.07, 6.45) is 1.54. The van der Waals surface area contributed by atoms with Gasteiger partial charge in [0.05, 0.1) is 16.9 Å². The molecule has 0 atom stereocenters. The zero-order chi connectivity index (χ0) is 18.0. The summed E-state index contributed by atoms with van der Waals surface area (Å²) in [7, 11) is 0. The first kappa shape index (κ1) is 17.5. The zero-order valence-electron chi connectivity index (χ0n) is 12.5. The molecule has 9 heteroatoms. The highest BCUT2D eigenvalue weighted by atomic mass is 35.5. The fraction of sp³-hybridized carbons (Fsp3) is 0.0625. The molecular formula is C16H10Cl3N3O3. The molecule has 128 valence electrons. The molecule has 0 unspecified atom stereocenters. The monoisotopic (exact) mass is 397 g/mol. The lowest BCUT2D eigenvalue weighted by Gasteiger charge is -2.08. The molecule has 0 aliphatic carbocycles. The van der Waals surface area contributed by atoms with Crippen molar-refractivity contribution in [2.45, 2.75) is 6.61 Å². The Morgan fingerprint density at radius 1 is 1.16 bits per heavy atom. The van der Waals surface area contributed by atoms with Crippen molar-refractivity contribution >= 4 is 46.5 Å². The standard InChI is InChI=1S/C16H10Cl3N3O3/c17-11-13(20)12(18)15(19)22-14(11)16(23)24-7-10-21-6-9(25-10)8-4-2-1-3-5-8/h1-6H,7H2,(H2,20,22). The van der Waals surface area contributed by atoms with E-state index in [1.165, 1.54) is 0 Å². The Hall–Kier alpha value is -2.28. The number of hydrogen-bond donors (Lipinski definition) is 1. The molecule has 0 radical (unpaired) electrons. The van der Waals surface area contributed by atoms with Gasteiger partial charge in [0.25, 0.3) is 0 Å². The first-order chi connectivity index (χ1) is 12.0. The van der Waals surface area contributed by atoms with Gasteiger partial charge in [0.1, 0.15) is 5.02 Å². The van der Waals surface area contributed by atoms with E-state index in [0.29, 0.717) is 5.76 Å². The van der Waals surface area contributed by atoms with Crippen molar-refractivity contribution in [2.75, 3.05) is 5.73 Å². The molecule has 0 saturated carbocycles. The highest BCUT2D eigenvalue weighted by Crippen LogP contribution is 2.34. The predicted molar refractivity (Wildman–Crippen MR) is 94.7 cm³/mol. The second kappa shape index (κ2) is 7.31. The molecule has 0 amide bonds. The van der Waals surface area contributed by atoms with Crippen molar-refractivity contribution in [3.8, 4) is 11.3 Å². The number of pyridine rings is 1. The van der Waals surface area contributed by atoms with Gasteiger partial charge in [-0.05, 0) is 0 Å². The predicted octanol–water partition coefficient (Wildman–Crippen LogP) is 4.64. The number of nitrogen functional groups attached to an aromatic ring is 1. The van der Waals surface area contributed by atoms with E-state index in [1.54, 1.807) is 6.20 Å². The summed E-state index contributed by atoms with van der Waals surface area (Å²) in [4.78, 5) is 20.0. The van der Waals surface area contributed by atoms with Crippen molar-refractivity contribution in [3.05, 3.63) is 63.3 Å². The molecule has 2 aromatic heterocycles.